The molecular weight excluding hydrogens is 264 g/mol. The first-order valence-corrected chi connectivity index (χ1v) is 8.52. The number of hydrogen-bond acceptors (Lipinski definition) is 2. The van der Waals surface area contributed by atoms with E-state index in [0.29, 0.717) is 38.1 Å². The Morgan fingerprint density at radius 3 is 1.90 bits per heavy atom. The molecule has 1 rings (SSSR count). The van der Waals surface area contributed by atoms with Gasteiger partial charge in [-0.05, 0) is 31.6 Å². The maximum atomic E-state index is 13.2. The van der Waals surface area contributed by atoms with Gasteiger partial charge in [-0.3, -0.25) is 9.59 Å². The molecule has 0 aromatic carbocycles. The Labute approximate surface area is 129 Å². The fourth-order valence-corrected chi connectivity index (χ4v) is 3.34. The van der Waals surface area contributed by atoms with E-state index in [0.717, 1.165) is 6.42 Å². The fraction of sp³-hybridized carbons (Fsp3) is 0.882. The van der Waals surface area contributed by atoms with Crippen LogP contribution in [0.5, 0.6) is 0 Å². The number of carbonyl (C=O) groups excluding carboxylic acids is 2. The van der Waals surface area contributed by atoms with E-state index in [1.807, 2.05) is 32.6 Å². The van der Waals surface area contributed by atoms with Gasteiger partial charge >= 0.3 is 0 Å². The number of hydrogen-bond donors (Lipinski definition) is 1. The van der Waals surface area contributed by atoms with Crippen LogP contribution in [0.2, 0.25) is 0 Å². The minimum absolute atomic E-state index is 0.0269. The number of carbonyl (C=O) groups is 2. The number of nitrogens with one attached hydrogen (secondary N) is 1. The van der Waals surface area contributed by atoms with Gasteiger partial charge in [-0.2, -0.15) is 0 Å². The zero-order chi connectivity index (χ0) is 16.3. The standard InChI is InChI=1S/C17H32N2O2/c1-7-13(6)12-19-15(21)16(8-2,9-3)18-14(20)17(19,10-4)11-5/h13H,7-12H2,1-6H3,(H,18,20). The minimum atomic E-state index is -0.710. The molecule has 0 aliphatic carbocycles. The van der Waals surface area contributed by atoms with Gasteiger partial charge in [0.25, 0.3) is 0 Å². The molecule has 1 heterocycles. The van der Waals surface area contributed by atoms with Crippen molar-refractivity contribution in [1.29, 1.82) is 0 Å². The van der Waals surface area contributed by atoms with E-state index < -0.39 is 11.1 Å². The van der Waals surface area contributed by atoms with Crippen LogP contribution in [0.1, 0.15) is 73.6 Å². The summed E-state index contributed by atoms with van der Waals surface area (Å²) in [7, 11) is 0. The van der Waals surface area contributed by atoms with E-state index in [4.69, 9.17) is 0 Å². The van der Waals surface area contributed by atoms with E-state index in [2.05, 4.69) is 19.2 Å². The second-order valence-corrected chi connectivity index (χ2v) is 6.41. The molecule has 1 N–H and O–H groups in total. The summed E-state index contributed by atoms with van der Waals surface area (Å²) >= 11 is 0. The Bertz CT molecular complexity index is 384. The van der Waals surface area contributed by atoms with Gasteiger partial charge in [-0.1, -0.05) is 48.0 Å². The Hall–Kier alpha value is -1.06. The lowest BCUT2D eigenvalue weighted by molar-refractivity contribution is -0.165. The van der Waals surface area contributed by atoms with Gasteiger partial charge in [0.05, 0.1) is 0 Å². The molecule has 1 saturated heterocycles. The third-order valence-electron chi connectivity index (χ3n) is 5.51. The topological polar surface area (TPSA) is 49.4 Å². The number of rotatable bonds is 7. The molecule has 1 atom stereocenters. The van der Waals surface area contributed by atoms with Crippen LogP contribution in [-0.2, 0) is 9.59 Å². The highest BCUT2D eigenvalue weighted by molar-refractivity contribution is 6.02. The number of amides is 2. The molecule has 1 fully saturated rings. The van der Waals surface area contributed by atoms with Crippen molar-refractivity contribution in [3.05, 3.63) is 0 Å². The fourth-order valence-electron chi connectivity index (χ4n) is 3.34. The van der Waals surface area contributed by atoms with Gasteiger partial charge in [0.2, 0.25) is 11.8 Å². The summed E-state index contributed by atoms with van der Waals surface area (Å²) in [4.78, 5) is 27.9. The Kier molecular flexibility index (Phi) is 5.83. The lowest BCUT2D eigenvalue weighted by atomic mass is 9.78. The second-order valence-electron chi connectivity index (χ2n) is 6.41. The highest BCUT2D eigenvalue weighted by Gasteiger charge is 2.55. The van der Waals surface area contributed by atoms with Crippen molar-refractivity contribution in [2.45, 2.75) is 84.7 Å². The summed E-state index contributed by atoms with van der Waals surface area (Å²) in [6.07, 6.45) is 3.64. The summed E-state index contributed by atoms with van der Waals surface area (Å²) in [6, 6.07) is 0. The monoisotopic (exact) mass is 296 g/mol. The average molecular weight is 296 g/mol. The molecular formula is C17H32N2O2. The molecule has 0 spiro atoms. The molecule has 0 radical (unpaired) electrons. The Balaban J connectivity index is 3.29. The van der Waals surface area contributed by atoms with Crippen molar-refractivity contribution in [1.82, 2.24) is 10.2 Å². The molecule has 1 unspecified atom stereocenters. The van der Waals surface area contributed by atoms with E-state index in [1.54, 1.807) is 0 Å². The molecule has 1 aliphatic rings. The molecule has 0 bridgehead atoms. The van der Waals surface area contributed by atoms with E-state index in [-0.39, 0.29) is 11.8 Å². The summed E-state index contributed by atoms with van der Waals surface area (Å²) in [5.74, 6) is 0.541. The van der Waals surface area contributed by atoms with Gasteiger partial charge in [0.1, 0.15) is 11.1 Å². The van der Waals surface area contributed by atoms with Crippen molar-refractivity contribution >= 4 is 11.8 Å². The van der Waals surface area contributed by atoms with Crippen molar-refractivity contribution < 1.29 is 9.59 Å². The van der Waals surface area contributed by atoms with Gasteiger partial charge in [-0.15, -0.1) is 0 Å². The van der Waals surface area contributed by atoms with Gasteiger partial charge in [0.15, 0.2) is 0 Å². The molecule has 4 nitrogen and oxygen atoms in total. The quantitative estimate of drug-likeness (QED) is 0.785. The largest absolute Gasteiger partial charge is 0.340 e. The zero-order valence-electron chi connectivity index (χ0n) is 14.6. The maximum Gasteiger partial charge on any atom is 0.249 e. The van der Waals surface area contributed by atoms with Crippen LogP contribution in [0.15, 0.2) is 0 Å². The molecule has 21 heavy (non-hydrogen) atoms. The van der Waals surface area contributed by atoms with E-state index in [1.165, 1.54) is 0 Å². The van der Waals surface area contributed by atoms with E-state index in [9.17, 15) is 9.59 Å². The second kappa shape index (κ2) is 6.80. The van der Waals surface area contributed by atoms with Crippen LogP contribution >= 0.6 is 0 Å². The summed E-state index contributed by atoms with van der Waals surface area (Å²) in [5.41, 5.74) is -1.38. The molecule has 0 saturated carbocycles. The highest BCUT2D eigenvalue weighted by Crippen LogP contribution is 2.35. The molecule has 0 aromatic heterocycles. The number of nitrogens with zero attached hydrogens (tertiary/aromatic N) is 1. The summed E-state index contributed by atoms with van der Waals surface area (Å²) < 4.78 is 0. The van der Waals surface area contributed by atoms with Gasteiger partial charge in [-0.25, -0.2) is 0 Å². The van der Waals surface area contributed by atoms with Crippen LogP contribution in [0.25, 0.3) is 0 Å². The SMILES string of the molecule is CCC(C)CN1C(=O)C(CC)(CC)NC(=O)C1(CC)CC. The first-order chi connectivity index (χ1) is 9.87. The van der Waals surface area contributed by atoms with Crippen LogP contribution in [-0.4, -0.2) is 34.3 Å². The van der Waals surface area contributed by atoms with Gasteiger partial charge in [0, 0.05) is 6.54 Å². The van der Waals surface area contributed by atoms with Crippen LogP contribution in [0.4, 0.5) is 0 Å². The molecule has 0 aromatic rings. The summed E-state index contributed by atoms with van der Waals surface area (Å²) in [5, 5.41) is 3.06. The van der Waals surface area contributed by atoms with Crippen molar-refractivity contribution in [3.8, 4) is 0 Å². The Morgan fingerprint density at radius 2 is 1.52 bits per heavy atom. The lowest BCUT2D eigenvalue weighted by Crippen LogP contribution is -2.75. The average Bonchev–Trinajstić information content (AvgIpc) is 2.51. The van der Waals surface area contributed by atoms with E-state index >= 15 is 0 Å². The van der Waals surface area contributed by atoms with Crippen LogP contribution in [0, 0.1) is 5.92 Å². The van der Waals surface area contributed by atoms with Gasteiger partial charge < -0.3 is 10.2 Å². The Morgan fingerprint density at radius 1 is 1.00 bits per heavy atom. The lowest BCUT2D eigenvalue weighted by Gasteiger charge is -2.52. The zero-order valence-corrected chi connectivity index (χ0v) is 14.6. The van der Waals surface area contributed by atoms with Crippen molar-refractivity contribution in [2.75, 3.05) is 6.54 Å². The van der Waals surface area contributed by atoms with Crippen molar-refractivity contribution in [2.24, 2.45) is 5.92 Å². The van der Waals surface area contributed by atoms with Crippen LogP contribution < -0.4 is 5.32 Å². The summed E-state index contributed by atoms with van der Waals surface area (Å²) in [6.45, 7) is 12.9. The molecule has 1 aliphatic heterocycles. The molecule has 4 heteroatoms. The molecule has 2 amide bonds. The molecule has 122 valence electrons. The highest BCUT2D eigenvalue weighted by atomic mass is 16.2. The predicted molar refractivity (Wildman–Crippen MR) is 85.9 cm³/mol. The van der Waals surface area contributed by atoms with Crippen LogP contribution in [0.3, 0.4) is 0 Å². The smallest absolute Gasteiger partial charge is 0.249 e. The first-order valence-electron chi connectivity index (χ1n) is 8.52. The third kappa shape index (κ3) is 2.82. The predicted octanol–water partition coefficient (Wildman–Crippen LogP) is 3.11. The maximum absolute atomic E-state index is 13.2. The first kappa shape index (κ1) is 18.0. The number of piperazine rings is 1. The normalized spacial score (nSPS) is 22.1. The van der Waals surface area contributed by atoms with Crippen molar-refractivity contribution in [3.63, 3.8) is 0 Å². The third-order valence-corrected chi connectivity index (χ3v) is 5.51. The minimum Gasteiger partial charge on any atom is -0.340 e.